The first-order valence-electron chi connectivity index (χ1n) is 22.3. The van der Waals surface area contributed by atoms with E-state index in [1.807, 2.05) is 0 Å². The summed E-state index contributed by atoms with van der Waals surface area (Å²) in [7, 11) is 0. The van der Waals surface area contributed by atoms with Crippen molar-refractivity contribution in [1.29, 1.82) is 0 Å². The summed E-state index contributed by atoms with van der Waals surface area (Å²) in [6.07, 6.45) is 0. The molecule has 2 aliphatic rings. The first-order valence-corrected chi connectivity index (χ1v) is 22.3. The van der Waals surface area contributed by atoms with Crippen LogP contribution in [0, 0.1) is 0 Å². The van der Waals surface area contributed by atoms with Crippen LogP contribution >= 0.6 is 0 Å². The van der Waals surface area contributed by atoms with Crippen molar-refractivity contribution >= 4 is 0 Å². The molecule has 0 unspecified atom stereocenters. The Morgan fingerprint density at radius 1 is 0.203 bits per heavy atom. The van der Waals surface area contributed by atoms with Gasteiger partial charge in [0.15, 0.2) is 0 Å². The Hall–Kier alpha value is -3.96. The molecule has 0 saturated carbocycles. The summed E-state index contributed by atoms with van der Waals surface area (Å²) in [5.41, 5.74) is 8.42. The molecule has 0 spiro atoms. The summed E-state index contributed by atoms with van der Waals surface area (Å²) in [5.74, 6) is 0. The molecule has 8 rings (SSSR count). The predicted octanol–water partition coefficient (Wildman–Crippen LogP) is 7.36. The van der Waals surface area contributed by atoms with E-state index in [1.165, 1.54) is 33.4 Å². The standard InChI is InChI=1S/2C27H33N3.2Cu.2H2O/c2*1-4-10-25(11-5-1)22-28-16-18-29(23-26-12-6-2-7-13-26)20-21-30(19-17-28)24-27-14-8-3-9-15-27;;;;/h2*1-15H,16-24H2;;;2*1H2. The van der Waals surface area contributed by atoms with Crippen LogP contribution in [0.4, 0.5) is 0 Å². The van der Waals surface area contributed by atoms with Gasteiger partial charge in [0.2, 0.25) is 0 Å². The summed E-state index contributed by atoms with van der Waals surface area (Å²) < 4.78 is 0. The van der Waals surface area contributed by atoms with E-state index in [9.17, 15) is 0 Å². The number of nitrogens with zero attached hydrogens (tertiary/aromatic N) is 6. The van der Waals surface area contributed by atoms with Gasteiger partial charge in [-0.05, 0) is 33.4 Å². The Labute approximate surface area is 405 Å². The first kappa shape index (κ1) is 54.4. The molecule has 0 bridgehead atoms. The molecule has 0 aromatic heterocycles. The monoisotopic (exact) mass is 960 g/mol. The third-order valence-corrected chi connectivity index (χ3v) is 11.9. The molecule has 2 aliphatic heterocycles. The van der Waals surface area contributed by atoms with Crippen LogP contribution in [0.15, 0.2) is 182 Å². The zero-order valence-electron chi connectivity index (χ0n) is 37.3. The van der Waals surface area contributed by atoms with Crippen LogP contribution in [-0.4, -0.2) is 119 Å². The van der Waals surface area contributed by atoms with Gasteiger partial charge in [0, 0.05) is 152 Å². The molecule has 8 nitrogen and oxygen atoms in total. The van der Waals surface area contributed by atoms with E-state index in [1.54, 1.807) is 0 Å². The van der Waals surface area contributed by atoms with Crippen LogP contribution in [0.2, 0.25) is 0 Å². The largest absolute Gasteiger partial charge is 0.412 e. The average molecular weight is 962 g/mol. The van der Waals surface area contributed by atoms with Crippen molar-refractivity contribution in [3.63, 3.8) is 0 Å². The van der Waals surface area contributed by atoms with Crippen molar-refractivity contribution in [2.75, 3.05) is 78.5 Å². The SMILES string of the molecule is O.O.[Cu].[Cu].c1ccc(CN2CCN(Cc3ccccc3)CCN(Cc3ccccc3)CC2)cc1.c1ccc(CN2CCN(Cc3ccccc3)CCN(Cc3ccccc3)CC2)cc1. The van der Waals surface area contributed by atoms with Crippen molar-refractivity contribution in [2.24, 2.45) is 0 Å². The third kappa shape index (κ3) is 19.6. The van der Waals surface area contributed by atoms with E-state index < -0.39 is 0 Å². The van der Waals surface area contributed by atoms with Crippen molar-refractivity contribution < 1.29 is 45.1 Å². The van der Waals surface area contributed by atoms with Gasteiger partial charge in [-0.15, -0.1) is 0 Å². The maximum atomic E-state index is 2.62. The minimum atomic E-state index is 0. The molecule has 350 valence electrons. The number of hydrogen-bond donors (Lipinski definition) is 0. The Kier molecular flexibility index (Phi) is 26.4. The summed E-state index contributed by atoms with van der Waals surface area (Å²) >= 11 is 0. The molecule has 2 radical (unpaired) electrons. The maximum absolute atomic E-state index is 2.62. The van der Waals surface area contributed by atoms with E-state index in [0.29, 0.717) is 0 Å². The molecule has 4 N–H and O–H groups in total. The second-order valence-corrected chi connectivity index (χ2v) is 16.6. The van der Waals surface area contributed by atoms with Gasteiger partial charge in [-0.1, -0.05) is 182 Å². The van der Waals surface area contributed by atoms with E-state index in [2.05, 4.69) is 211 Å². The average Bonchev–Trinajstić information content (AvgIpc) is 3.45. The molecule has 0 atom stereocenters. The van der Waals surface area contributed by atoms with Gasteiger partial charge in [0.1, 0.15) is 0 Å². The van der Waals surface area contributed by atoms with Crippen molar-refractivity contribution in [1.82, 2.24) is 29.4 Å². The number of benzene rings is 6. The van der Waals surface area contributed by atoms with Crippen LogP contribution in [0.1, 0.15) is 33.4 Å². The van der Waals surface area contributed by atoms with Crippen LogP contribution in [0.5, 0.6) is 0 Å². The van der Waals surface area contributed by atoms with E-state index >= 15 is 0 Å². The fraction of sp³-hybridized carbons (Fsp3) is 0.333. The fourth-order valence-corrected chi connectivity index (χ4v) is 8.37. The molecule has 2 saturated heterocycles. The molecule has 2 heterocycles. The Morgan fingerprint density at radius 3 is 0.422 bits per heavy atom. The van der Waals surface area contributed by atoms with Gasteiger partial charge in [-0.3, -0.25) is 29.4 Å². The maximum Gasteiger partial charge on any atom is 0.0234 e. The molecule has 0 aliphatic carbocycles. The second-order valence-electron chi connectivity index (χ2n) is 16.6. The third-order valence-electron chi connectivity index (χ3n) is 11.9. The topological polar surface area (TPSA) is 82.4 Å². The normalized spacial score (nSPS) is 16.1. The molecule has 2 fully saturated rings. The molecule has 6 aromatic rings. The minimum absolute atomic E-state index is 0. The molecule has 10 heteroatoms. The van der Waals surface area contributed by atoms with Gasteiger partial charge in [-0.2, -0.15) is 0 Å². The second kappa shape index (κ2) is 31.0. The summed E-state index contributed by atoms with van der Waals surface area (Å²) in [6.45, 7) is 19.5. The molecular weight excluding hydrogens is 892 g/mol. The summed E-state index contributed by atoms with van der Waals surface area (Å²) in [4.78, 5) is 15.7. The minimum Gasteiger partial charge on any atom is -0.412 e. The molecular formula is C54H70Cu2N6O2. The quantitative estimate of drug-likeness (QED) is 0.119. The van der Waals surface area contributed by atoms with Crippen molar-refractivity contribution in [2.45, 2.75) is 39.3 Å². The van der Waals surface area contributed by atoms with E-state index in [4.69, 9.17) is 0 Å². The van der Waals surface area contributed by atoms with Crippen LogP contribution in [-0.2, 0) is 73.4 Å². The fourth-order valence-electron chi connectivity index (χ4n) is 8.37. The van der Waals surface area contributed by atoms with Crippen LogP contribution < -0.4 is 0 Å². The number of rotatable bonds is 12. The van der Waals surface area contributed by atoms with Crippen LogP contribution in [0.25, 0.3) is 0 Å². The zero-order chi connectivity index (χ0) is 40.9. The van der Waals surface area contributed by atoms with E-state index in [-0.39, 0.29) is 45.1 Å². The van der Waals surface area contributed by atoms with E-state index in [0.717, 1.165) is 118 Å². The predicted molar refractivity (Wildman–Crippen MR) is 258 cm³/mol. The van der Waals surface area contributed by atoms with Gasteiger partial charge < -0.3 is 11.0 Å². The number of hydrogen-bond acceptors (Lipinski definition) is 6. The molecule has 6 aromatic carbocycles. The zero-order valence-corrected chi connectivity index (χ0v) is 39.2. The van der Waals surface area contributed by atoms with Gasteiger partial charge in [-0.25, -0.2) is 0 Å². The Balaban J connectivity index is 0.000000320. The summed E-state index contributed by atoms with van der Waals surface area (Å²) in [6, 6.07) is 65.3. The van der Waals surface area contributed by atoms with Gasteiger partial charge in [0.05, 0.1) is 0 Å². The van der Waals surface area contributed by atoms with Crippen LogP contribution in [0.3, 0.4) is 0 Å². The smallest absolute Gasteiger partial charge is 0.0234 e. The first-order chi connectivity index (χ1) is 29.7. The Bertz CT molecular complexity index is 1620. The Morgan fingerprint density at radius 2 is 0.312 bits per heavy atom. The van der Waals surface area contributed by atoms with Gasteiger partial charge >= 0.3 is 0 Å². The van der Waals surface area contributed by atoms with Crippen molar-refractivity contribution in [3.8, 4) is 0 Å². The molecule has 0 amide bonds. The van der Waals surface area contributed by atoms with Crippen molar-refractivity contribution in [3.05, 3.63) is 215 Å². The molecule has 64 heavy (non-hydrogen) atoms. The van der Waals surface area contributed by atoms with Gasteiger partial charge in [0.25, 0.3) is 0 Å². The summed E-state index contributed by atoms with van der Waals surface area (Å²) in [5, 5.41) is 0.